The van der Waals surface area contributed by atoms with Gasteiger partial charge in [0.15, 0.2) is 5.58 Å². The van der Waals surface area contributed by atoms with Gasteiger partial charge in [0, 0.05) is 0 Å². The van der Waals surface area contributed by atoms with Crippen LogP contribution in [0.4, 0.5) is 11.7 Å². The van der Waals surface area contributed by atoms with Crippen molar-refractivity contribution in [2.24, 2.45) is 15.7 Å². The van der Waals surface area contributed by atoms with Crippen molar-refractivity contribution in [3.05, 3.63) is 59.9 Å². The van der Waals surface area contributed by atoms with E-state index in [0.717, 1.165) is 6.34 Å². The average Bonchev–Trinajstić information content (AvgIpc) is 3.11. The van der Waals surface area contributed by atoms with Gasteiger partial charge in [0.1, 0.15) is 34.8 Å². The second-order valence-corrected chi connectivity index (χ2v) is 5.84. The number of aliphatic hydroxyl groups is 1. The van der Waals surface area contributed by atoms with Gasteiger partial charge in [0.25, 0.3) is 5.91 Å². The number of nitrogens with two attached hydrogens (primary N) is 1. The van der Waals surface area contributed by atoms with E-state index in [0.29, 0.717) is 22.5 Å². The average molecular weight is 393 g/mol. The van der Waals surface area contributed by atoms with Crippen LogP contribution in [0.1, 0.15) is 6.92 Å². The number of anilines is 1. The highest BCUT2D eigenvalue weighted by Gasteiger charge is 2.18. The summed E-state index contributed by atoms with van der Waals surface area (Å²) in [5, 5.41) is 12.6. The number of aliphatic imine (C=N–C) groups is 2. The Morgan fingerprint density at radius 3 is 2.69 bits per heavy atom. The maximum Gasteiger partial charge on any atom is 0.324 e. The van der Waals surface area contributed by atoms with Crippen LogP contribution >= 0.6 is 0 Å². The molecule has 1 amide bonds. The summed E-state index contributed by atoms with van der Waals surface area (Å²) in [7, 11) is 1.48. The summed E-state index contributed by atoms with van der Waals surface area (Å²) in [6.07, 6.45) is 1.10. The number of benzene rings is 2. The molecular formula is C20H19N5O4. The number of rotatable bonds is 6. The van der Waals surface area contributed by atoms with Crippen LogP contribution in [0.5, 0.6) is 5.75 Å². The SMILES string of the molecule is COc1ccccc1NC(=O)/C(C(N)=NC=Nc1nc2ccccc2o1)=C(\C)O. The molecule has 0 saturated carbocycles. The molecule has 0 saturated heterocycles. The molecule has 1 heterocycles. The smallest absolute Gasteiger partial charge is 0.324 e. The molecule has 9 heteroatoms. The molecule has 0 bridgehead atoms. The molecule has 2 aromatic carbocycles. The molecule has 3 aromatic rings. The van der Waals surface area contributed by atoms with Gasteiger partial charge in [-0.25, -0.2) is 4.99 Å². The number of nitrogens with zero attached hydrogens (tertiary/aromatic N) is 3. The fraction of sp³-hybridized carbons (Fsp3) is 0.100. The van der Waals surface area contributed by atoms with E-state index in [-0.39, 0.29) is 23.2 Å². The van der Waals surface area contributed by atoms with E-state index in [1.165, 1.54) is 14.0 Å². The van der Waals surface area contributed by atoms with Crippen molar-refractivity contribution < 1.29 is 19.1 Å². The number of allylic oxidation sites excluding steroid dienone is 1. The van der Waals surface area contributed by atoms with Gasteiger partial charge in [0.2, 0.25) is 0 Å². The lowest BCUT2D eigenvalue weighted by Crippen LogP contribution is -2.27. The summed E-state index contributed by atoms with van der Waals surface area (Å²) >= 11 is 0. The van der Waals surface area contributed by atoms with Gasteiger partial charge in [-0.2, -0.15) is 9.98 Å². The van der Waals surface area contributed by atoms with Crippen molar-refractivity contribution >= 4 is 40.9 Å². The van der Waals surface area contributed by atoms with Gasteiger partial charge >= 0.3 is 6.01 Å². The first-order chi connectivity index (χ1) is 14.0. The zero-order chi connectivity index (χ0) is 20.8. The van der Waals surface area contributed by atoms with Crippen LogP contribution in [0.15, 0.2) is 74.3 Å². The zero-order valence-electron chi connectivity index (χ0n) is 15.8. The van der Waals surface area contributed by atoms with Crippen molar-refractivity contribution in [2.45, 2.75) is 6.92 Å². The fourth-order valence-corrected chi connectivity index (χ4v) is 2.52. The van der Waals surface area contributed by atoms with E-state index in [2.05, 4.69) is 20.3 Å². The van der Waals surface area contributed by atoms with Gasteiger partial charge in [-0.3, -0.25) is 4.79 Å². The number of aliphatic hydroxyl groups excluding tert-OH is 1. The number of carbonyl (C=O) groups excluding carboxylic acids is 1. The fourth-order valence-electron chi connectivity index (χ4n) is 2.52. The lowest BCUT2D eigenvalue weighted by atomic mass is 10.2. The lowest BCUT2D eigenvalue weighted by molar-refractivity contribution is -0.112. The van der Waals surface area contributed by atoms with Gasteiger partial charge in [-0.1, -0.05) is 24.3 Å². The first kappa shape index (κ1) is 19.6. The summed E-state index contributed by atoms with van der Waals surface area (Å²) in [4.78, 5) is 24.6. The minimum atomic E-state index is -0.647. The van der Waals surface area contributed by atoms with Gasteiger partial charge in [0.05, 0.1) is 12.8 Å². The summed E-state index contributed by atoms with van der Waals surface area (Å²) in [6.45, 7) is 1.33. The van der Waals surface area contributed by atoms with E-state index in [1.54, 1.807) is 36.4 Å². The molecule has 0 aliphatic rings. The number of para-hydroxylation sites is 4. The first-order valence-corrected chi connectivity index (χ1v) is 8.55. The zero-order valence-corrected chi connectivity index (χ0v) is 15.8. The van der Waals surface area contributed by atoms with Crippen LogP contribution < -0.4 is 15.8 Å². The van der Waals surface area contributed by atoms with Crippen molar-refractivity contribution in [3.8, 4) is 5.75 Å². The molecule has 9 nitrogen and oxygen atoms in total. The molecule has 29 heavy (non-hydrogen) atoms. The number of fused-ring (bicyclic) bond motifs is 1. The number of amidine groups is 1. The standard InChI is InChI=1S/C20H19N5O4/c1-12(26)17(19(27)24-13-7-3-5-9-15(13)28-2)18(21)22-11-23-20-25-14-8-4-6-10-16(14)29-20/h3-11,26H,1-2H3,(H,24,27)(H2,21,22,23,25)/b17-12+. The molecule has 0 atom stereocenters. The van der Waals surface area contributed by atoms with Crippen LogP contribution in [0.2, 0.25) is 0 Å². The Labute approximate surface area is 166 Å². The summed E-state index contributed by atoms with van der Waals surface area (Å²) in [5.74, 6) is -0.707. The third-order valence-corrected chi connectivity index (χ3v) is 3.85. The van der Waals surface area contributed by atoms with E-state index in [4.69, 9.17) is 14.9 Å². The van der Waals surface area contributed by atoms with Gasteiger partial charge < -0.3 is 25.3 Å². The van der Waals surface area contributed by atoms with E-state index in [1.807, 2.05) is 12.1 Å². The largest absolute Gasteiger partial charge is 0.512 e. The monoisotopic (exact) mass is 393 g/mol. The maximum atomic E-state index is 12.6. The number of methoxy groups -OCH3 is 1. The third kappa shape index (κ3) is 4.59. The molecule has 0 aliphatic heterocycles. The molecule has 3 rings (SSSR count). The van der Waals surface area contributed by atoms with Crippen molar-refractivity contribution in [1.82, 2.24) is 4.98 Å². The van der Waals surface area contributed by atoms with Crippen LogP contribution in [-0.4, -0.2) is 35.3 Å². The molecule has 0 radical (unpaired) electrons. The Morgan fingerprint density at radius 1 is 1.24 bits per heavy atom. The highest BCUT2D eigenvalue weighted by atomic mass is 16.5. The number of hydrogen-bond acceptors (Lipinski definition) is 6. The van der Waals surface area contributed by atoms with Crippen LogP contribution in [-0.2, 0) is 4.79 Å². The Hall–Kier alpha value is -4.14. The Morgan fingerprint density at radius 2 is 1.97 bits per heavy atom. The van der Waals surface area contributed by atoms with Crippen molar-refractivity contribution in [1.29, 1.82) is 0 Å². The molecule has 0 fully saturated rings. The maximum absolute atomic E-state index is 12.6. The van der Waals surface area contributed by atoms with Crippen LogP contribution in [0.3, 0.4) is 0 Å². The summed E-state index contributed by atoms with van der Waals surface area (Å²) in [5.41, 5.74) is 7.34. The predicted octanol–water partition coefficient (Wildman–Crippen LogP) is 3.32. The second-order valence-electron chi connectivity index (χ2n) is 5.84. The number of hydrogen-bond donors (Lipinski definition) is 3. The normalized spacial score (nSPS) is 12.8. The molecule has 0 unspecified atom stereocenters. The Kier molecular flexibility index (Phi) is 5.88. The number of nitrogens with one attached hydrogen (secondary N) is 1. The molecule has 0 spiro atoms. The topological polar surface area (TPSA) is 135 Å². The van der Waals surface area contributed by atoms with Crippen molar-refractivity contribution in [2.75, 3.05) is 12.4 Å². The minimum absolute atomic E-state index is 0.0903. The number of aromatic nitrogens is 1. The Balaban J connectivity index is 1.79. The number of carbonyl (C=O) groups is 1. The highest BCUT2D eigenvalue weighted by Crippen LogP contribution is 2.24. The van der Waals surface area contributed by atoms with Gasteiger partial charge in [-0.05, 0) is 31.2 Å². The number of amides is 1. The van der Waals surface area contributed by atoms with E-state index < -0.39 is 5.91 Å². The number of ether oxygens (including phenoxy) is 1. The molecule has 1 aromatic heterocycles. The molecule has 148 valence electrons. The highest BCUT2D eigenvalue weighted by molar-refractivity contribution is 6.25. The first-order valence-electron chi connectivity index (χ1n) is 8.55. The predicted molar refractivity (Wildman–Crippen MR) is 111 cm³/mol. The third-order valence-electron chi connectivity index (χ3n) is 3.85. The van der Waals surface area contributed by atoms with E-state index >= 15 is 0 Å². The summed E-state index contributed by atoms with van der Waals surface area (Å²) < 4.78 is 10.6. The molecule has 4 N–H and O–H groups in total. The molecule has 0 aliphatic carbocycles. The van der Waals surface area contributed by atoms with Crippen LogP contribution in [0, 0.1) is 0 Å². The van der Waals surface area contributed by atoms with Crippen LogP contribution in [0.25, 0.3) is 11.1 Å². The quantitative estimate of drug-likeness (QED) is 0.254. The Bertz CT molecular complexity index is 1090. The molecular weight excluding hydrogens is 374 g/mol. The van der Waals surface area contributed by atoms with Crippen molar-refractivity contribution in [3.63, 3.8) is 0 Å². The lowest BCUT2D eigenvalue weighted by Gasteiger charge is -2.12. The van der Waals surface area contributed by atoms with E-state index in [9.17, 15) is 9.90 Å². The summed E-state index contributed by atoms with van der Waals surface area (Å²) in [6, 6.07) is 14.1. The second kappa shape index (κ2) is 8.70. The minimum Gasteiger partial charge on any atom is -0.512 e. The number of oxazole rings is 1. The van der Waals surface area contributed by atoms with Gasteiger partial charge in [-0.15, -0.1) is 0 Å².